The Hall–Kier alpha value is -2.17. The molecule has 0 aliphatic carbocycles. The van der Waals surface area contributed by atoms with Crippen LogP contribution in [0.1, 0.15) is 5.01 Å². The number of aromatic nitrogens is 1. The van der Waals surface area contributed by atoms with Gasteiger partial charge in [0, 0.05) is 17.4 Å². The van der Waals surface area contributed by atoms with E-state index in [-0.39, 0.29) is 0 Å². The lowest BCUT2D eigenvalue weighted by Crippen LogP contribution is -2.01. The highest BCUT2D eigenvalue weighted by atomic mass is 32.1. The summed E-state index contributed by atoms with van der Waals surface area (Å²) < 4.78 is 5.78. The van der Waals surface area contributed by atoms with Crippen molar-refractivity contribution in [2.45, 2.75) is 6.42 Å². The number of para-hydroxylation sites is 1. The predicted octanol–water partition coefficient (Wildman–Crippen LogP) is 4.10. The third-order valence-electron chi connectivity index (χ3n) is 3.04. The Kier molecular flexibility index (Phi) is 4.28. The molecule has 3 nitrogen and oxygen atoms in total. The fourth-order valence-corrected chi connectivity index (χ4v) is 2.82. The SMILES string of the molecule is NCCc1nc(-c2ccc(Oc3ccccc3)cc2)cs1. The van der Waals surface area contributed by atoms with Crippen molar-refractivity contribution in [3.8, 4) is 22.8 Å². The number of nitrogens with two attached hydrogens (primary N) is 1. The smallest absolute Gasteiger partial charge is 0.127 e. The summed E-state index contributed by atoms with van der Waals surface area (Å²) in [6.07, 6.45) is 0.833. The third-order valence-corrected chi connectivity index (χ3v) is 3.95. The van der Waals surface area contributed by atoms with Gasteiger partial charge in [0.2, 0.25) is 0 Å². The van der Waals surface area contributed by atoms with Crippen molar-refractivity contribution >= 4 is 11.3 Å². The molecule has 1 heterocycles. The highest BCUT2D eigenvalue weighted by Gasteiger charge is 2.04. The second-order valence-electron chi connectivity index (χ2n) is 4.60. The van der Waals surface area contributed by atoms with E-state index in [4.69, 9.17) is 10.5 Å². The van der Waals surface area contributed by atoms with Gasteiger partial charge in [-0.15, -0.1) is 11.3 Å². The Morgan fingerprint density at radius 1 is 0.952 bits per heavy atom. The van der Waals surface area contributed by atoms with Gasteiger partial charge in [-0.05, 0) is 42.9 Å². The number of hydrogen-bond acceptors (Lipinski definition) is 4. The summed E-state index contributed by atoms with van der Waals surface area (Å²) in [5.41, 5.74) is 7.64. The maximum atomic E-state index is 5.78. The van der Waals surface area contributed by atoms with E-state index in [1.807, 2.05) is 54.6 Å². The molecular weight excluding hydrogens is 280 g/mol. The average Bonchev–Trinajstić information content (AvgIpc) is 2.98. The van der Waals surface area contributed by atoms with Crippen molar-refractivity contribution in [1.82, 2.24) is 4.98 Å². The van der Waals surface area contributed by atoms with Crippen LogP contribution in [0.25, 0.3) is 11.3 Å². The van der Waals surface area contributed by atoms with Crippen LogP contribution in [0.5, 0.6) is 11.5 Å². The monoisotopic (exact) mass is 296 g/mol. The number of ether oxygens (including phenoxy) is 1. The first-order valence-corrected chi connectivity index (χ1v) is 7.71. The molecule has 0 aliphatic heterocycles. The summed E-state index contributed by atoms with van der Waals surface area (Å²) in [4.78, 5) is 4.58. The minimum atomic E-state index is 0.636. The molecule has 0 bridgehead atoms. The minimum absolute atomic E-state index is 0.636. The Bertz CT molecular complexity index is 692. The number of nitrogens with zero attached hydrogens (tertiary/aromatic N) is 1. The van der Waals surface area contributed by atoms with Gasteiger partial charge >= 0.3 is 0 Å². The molecule has 2 aromatic carbocycles. The van der Waals surface area contributed by atoms with Gasteiger partial charge in [0.15, 0.2) is 0 Å². The van der Waals surface area contributed by atoms with Crippen molar-refractivity contribution < 1.29 is 4.74 Å². The largest absolute Gasteiger partial charge is 0.457 e. The molecule has 2 N–H and O–H groups in total. The van der Waals surface area contributed by atoms with Gasteiger partial charge in [-0.2, -0.15) is 0 Å². The molecule has 0 aliphatic rings. The van der Waals surface area contributed by atoms with Crippen LogP contribution in [-0.2, 0) is 6.42 Å². The molecule has 0 atom stereocenters. The molecule has 3 aromatic rings. The number of rotatable bonds is 5. The number of hydrogen-bond donors (Lipinski definition) is 1. The quantitative estimate of drug-likeness (QED) is 0.771. The van der Waals surface area contributed by atoms with Crippen LogP contribution < -0.4 is 10.5 Å². The molecule has 0 spiro atoms. The number of benzene rings is 2. The van der Waals surface area contributed by atoms with Crippen LogP contribution in [0.3, 0.4) is 0 Å². The summed E-state index contributed by atoms with van der Waals surface area (Å²) in [7, 11) is 0. The zero-order valence-electron chi connectivity index (χ0n) is 11.5. The van der Waals surface area contributed by atoms with E-state index >= 15 is 0 Å². The molecule has 4 heteroatoms. The Balaban J connectivity index is 1.74. The van der Waals surface area contributed by atoms with Crippen molar-refractivity contribution in [3.63, 3.8) is 0 Å². The fourth-order valence-electron chi connectivity index (χ4n) is 2.00. The molecule has 106 valence electrons. The average molecular weight is 296 g/mol. The van der Waals surface area contributed by atoms with E-state index in [2.05, 4.69) is 10.4 Å². The van der Waals surface area contributed by atoms with Gasteiger partial charge in [-0.1, -0.05) is 18.2 Å². The van der Waals surface area contributed by atoms with Crippen LogP contribution in [0, 0.1) is 0 Å². The maximum absolute atomic E-state index is 5.78. The van der Waals surface area contributed by atoms with E-state index in [0.29, 0.717) is 6.54 Å². The van der Waals surface area contributed by atoms with Crippen molar-refractivity contribution in [2.24, 2.45) is 5.73 Å². The second kappa shape index (κ2) is 6.52. The topological polar surface area (TPSA) is 48.1 Å². The molecule has 0 saturated heterocycles. The highest BCUT2D eigenvalue weighted by Crippen LogP contribution is 2.26. The lowest BCUT2D eigenvalue weighted by molar-refractivity contribution is 0.483. The first-order chi connectivity index (χ1) is 10.3. The van der Waals surface area contributed by atoms with Crippen LogP contribution in [-0.4, -0.2) is 11.5 Å². The van der Waals surface area contributed by atoms with Gasteiger partial charge in [0.25, 0.3) is 0 Å². The summed E-state index contributed by atoms with van der Waals surface area (Å²) in [5, 5.41) is 3.15. The molecule has 0 saturated carbocycles. The van der Waals surface area contributed by atoms with E-state index in [0.717, 1.165) is 34.2 Å². The normalized spacial score (nSPS) is 10.5. The van der Waals surface area contributed by atoms with Gasteiger partial charge in [-0.25, -0.2) is 4.98 Å². The highest BCUT2D eigenvalue weighted by molar-refractivity contribution is 7.09. The molecular formula is C17H16N2OS. The maximum Gasteiger partial charge on any atom is 0.127 e. The fraction of sp³-hybridized carbons (Fsp3) is 0.118. The first kappa shape index (κ1) is 13.8. The van der Waals surface area contributed by atoms with E-state index in [1.165, 1.54) is 0 Å². The van der Waals surface area contributed by atoms with E-state index in [1.54, 1.807) is 11.3 Å². The Labute approximate surface area is 128 Å². The molecule has 0 radical (unpaired) electrons. The van der Waals surface area contributed by atoms with Crippen LogP contribution in [0.15, 0.2) is 60.0 Å². The zero-order valence-corrected chi connectivity index (χ0v) is 12.3. The summed E-state index contributed by atoms with van der Waals surface area (Å²) in [6.45, 7) is 0.636. The van der Waals surface area contributed by atoms with Crippen LogP contribution in [0.2, 0.25) is 0 Å². The standard InChI is InChI=1S/C17H16N2OS/c18-11-10-17-19-16(12-21-17)13-6-8-15(9-7-13)20-14-4-2-1-3-5-14/h1-9,12H,10-11,18H2. The first-order valence-electron chi connectivity index (χ1n) is 6.83. The van der Waals surface area contributed by atoms with Crippen LogP contribution in [0.4, 0.5) is 0 Å². The predicted molar refractivity (Wildman–Crippen MR) is 86.8 cm³/mol. The van der Waals surface area contributed by atoms with Gasteiger partial charge in [0.1, 0.15) is 11.5 Å². The molecule has 21 heavy (non-hydrogen) atoms. The molecule has 0 fully saturated rings. The van der Waals surface area contributed by atoms with Crippen LogP contribution >= 0.6 is 11.3 Å². The Morgan fingerprint density at radius 2 is 1.67 bits per heavy atom. The van der Waals surface area contributed by atoms with Gasteiger partial charge < -0.3 is 10.5 Å². The van der Waals surface area contributed by atoms with E-state index in [9.17, 15) is 0 Å². The molecule has 0 unspecified atom stereocenters. The lowest BCUT2D eigenvalue weighted by Gasteiger charge is -2.05. The van der Waals surface area contributed by atoms with Crippen molar-refractivity contribution in [3.05, 3.63) is 65.0 Å². The second-order valence-corrected chi connectivity index (χ2v) is 5.55. The summed E-state index contributed by atoms with van der Waals surface area (Å²) in [5.74, 6) is 1.66. The molecule has 0 amide bonds. The number of thiazole rings is 1. The summed E-state index contributed by atoms with van der Waals surface area (Å²) in [6, 6.07) is 17.7. The summed E-state index contributed by atoms with van der Waals surface area (Å²) >= 11 is 1.65. The van der Waals surface area contributed by atoms with Crippen molar-refractivity contribution in [1.29, 1.82) is 0 Å². The van der Waals surface area contributed by atoms with E-state index < -0.39 is 0 Å². The zero-order chi connectivity index (χ0) is 14.5. The van der Waals surface area contributed by atoms with Crippen molar-refractivity contribution in [2.75, 3.05) is 6.54 Å². The van der Waals surface area contributed by atoms with Gasteiger partial charge in [0.05, 0.1) is 10.7 Å². The lowest BCUT2D eigenvalue weighted by atomic mass is 10.2. The Morgan fingerprint density at radius 3 is 2.38 bits per heavy atom. The molecule has 1 aromatic heterocycles. The van der Waals surface area contributed by atoms with Gasteiger partial charge in [-0.3, -0.25) is 0 Å². The minimum Gasteiger partial charge on any atom is -0.457 e. The third kappa shape index (κ3) is 3.48. The molecule has 3 rings (SSSR count).